The molecule has 142 valence electrons. The summed E-state index contributed by atoms with van der Waals surface area (Å²) in [6.07, 6.45) is 7.00. The molecule has 26 heavy (non-hydrogen) atoms. The fourth-order valence-electron chi connectivity index (χ4n) is 3.98. The molecule has 5 heteroatoms. The lowest BCUT2D eigenvalue weighted by molar-refractivity contribution is -0.125. The summed E-state index contributed by atoms with van der Waals surface area (Å²) in [5.74, 6) is 1.21. The molecular formula is C21H30N2O2S. The fourth-order valence-corrected chi connectivity index (χ4v) is 5.62. The standard InChI is InChI=1S/C21H30N2O2S/c1-3-13-22-19(24)18-14-26-21(17-7-5-4-6-8-17)23(18)20(25)16-11-9-15(2)10-12-16/h9-12,17-18,21H,3-8,13-14H2,1-2H3,(H,22,24)/t18-,21+/m0/s1. The van der Waals surface area contributed by atoms with Crippen molar-refractivity contribution in [2.75, 3.05) is 12.3 Å². The highest BCUT2D eigenvalue weighted by Crippen LogP contribution is 2.41. The monoisotopic (exact) mass is 374 g/mol. The van der Waals surface area contributed by atoms with Gasteiger partial charge in [0.05, 0.1) is 5.37 Å². The highest BCUT2D eigenvalue weighted by atomic mass is 32.2. The van der Waals surface area contributed by atoms with Crippen molar-refractivity contribution in [3.05, 3.63) is 35.4 Å². The second-order valence-electron chi connectivity index (χ2n) is 7.51. The van der Waals surface area contributed by atoms with Crippen LogP contribution in [0.15, 0.2) is 24.3 Å². The van der Waals surface area contributed by atoms with Gasteiger partial charge < -0.3 is 10.2 Å². The molecule has 2 amide bonds. The Labute approximate surface area is 161 Å². The number of carbonyl (C=O) groups is 2. The highest BCUT2D eigenvalue weighted by molar-refractivity contribution is 8.00. The first kappa shape index (κ1) is 19.3. The molecule has 3 rings (SSSR count). The van der Waals surface area contributed by atoms with Gasteiger partial charge in [0.1, 0.15) is 6.04 Å². The molecule has 0 bridgehead atoms. The average molecular weight is 375 g/mol. The van der Waals surface area contributed by atoms with E-state index in [0.29, 0.717) is 23.8 Å². The van der Waals surface area contributed by atoms with Crippen LogP contribution >= 0.6 is 11.8 Å². The quantitative estimate of drug-likeness (QED) is 0.848. The van der Waals surface area contributed by atoms with Crippen LogP contribution in [-0.2, 0) is 4.79 Å². The van der Waals surface area contributed by atoms with Gasteiger partial charge in [-0.05, 0) is 44.2 Å². The second kappa shape index (κ2) is 8.94. The summed E-state index contributed by atoms with van der Waals surface area (Å²) in [6, 6.07) is 7.36. The van der Waals surface area contributed by atoms with E-state index in [9.17, 15) is 9.59 Å². The first-order chi connectivity index (χ1) is 12.6. The van der Waals surface area contributed by atoms with Crippen molar-refractivity contribution in [2.24, 2.45) is 5.92 Å². The van der Waals surface area contributed by atoms with E-state index in [1.165, 1.54) is 32.1 Å². The van der Waals surface area contributed by atoms with Crippen LogP contribution in [-0.4, -0.2) is 40.4 Å². The number of benzene rings is 1. The van der Waals surface area contributed by atoms with Gasteiger partial charge >= 0.3 is 0 Å². The molecular weight excluding hydrogens is 344 g/mol. The van der Waals surface area contributed by atoms with Crippen LogP contribution in [0.5, 0.6) is 0 Å². The minimum atomic E-state index is -0.354. The molecule has 4 nitrogen and oxygen atoms in total. The van der Waals surface area contributed by atoms with E-state index < -0.39 is 0 Å². The van der Waals surface area contributed by atoms with E-state index in [-0.39, 0.29) is 23.2 Å². The minimum absolute atomic E-state index is 0.00174. The van der Waals surface area contributed by atoms with Gasteiger partial charge in [-0.15, -0.1) is 11.8 Å². The molecule has 0 radical (unpaired) electrons. The Balaban J connectivity index is 1.84. The normalized spacial score (nSPS) is 23.8. The molecule has 2 aliphatic rings. The van der Waals surface area contributed by atoms with Gasteiger partial charge in [-0.25, -0.2) is 0 Å². The van der Waals surface area contributed by atoms with E-state index in [0.717, 1.165) is 12.0 Å². The first-order valence-electron chi connectivity index (χ1n) is 9.90. The van der Waals surface area contributed by atoms with Crippen LogP contribution in [0.1, 0.15) is 61.4 Å². The van der Waals surface area contributed by atoms with Crippen molar-refractivity contribution < 1.29 is 9.59 Å². The molecule has 1 N–H and O–H groups in total. The third-order valence-electron chi connectivity index (χ3n) is 5.47. The average Bonchev–Trinajstić information content (AvgIpc) is 3.12. The van der Waals surface area contributed by atoms with Gasteiger partial charge in [-0.1, -0.05) is 43.9 Å². The lowest BCUT2D eigenvalue weighted by atomic mass is 9.88. The van der Waals surface area contributed by atoms with Gasteiger partial charge in [-0.3, -0.25) is 9.59 Å². The van der Waals surface area contributed by atoms with E-state index in [1.54, 1.807) is 11.8 Å². The molecule has 1 heterocycles. The van der Waals surface area contributed by atoms with Crippen molar-refractivity contribution >= 4 is 23.6 Å². The lowest BCUT2D eigenvalue weighted by Gasteiger charge is -2.35. The molecule has 1 aliphatic carbocycles. The van der Waals surface area contributed by atoms with E-state index >= 15 is 0 Å². The van der Waals surface area contributed by atoms with Crippen molar-refractivity contribution in [3.8, 4) is 0 Å². The van der Waals surface area contributed by atoms with E-state index in [1.807, 2.05) is 43.0 Å². The Morgan fingerprint density at radius 3 is 2.50 bits per heavy atom. The number of aryl methyl sites for hydroxylation is 1. The molecule has 2 atom stereocenters. The molecule has 0 unspecified atom stereocenters. The fraction of sp³-hybridized carbons (Fsp3) is 0.619. The Hall–Kier alpha value is -1.49. The zero-order valence-electron chi connectivity index (χ0n) is 15.9. The smallest absolute Gasteiger partial charge is 0.255 e. The number of hydrogen-bond donors (Lipinski definition) is 1. The number of carbonyl (C=O) groups excluding carboxylic acids is 2. The number of hydrogen-bond acceptors (Lipinski definition) is 3. The molecule has 0 spiro atoms. The summed E-state index contributed by atoms with van der Waals surface area (Å²) in [7, 11) is 0. The number of nitrogens with zero attached hydrogens (tertiary/aromatic N) is 1. The number of nitrogens with one attached hydrogen (secondary N) is 1. The largest absolute Gasteiger partial charge is 0.354 e. The summed E-state index contributed by atoms with van der Waals surface area (Å²) in [4.78, 5) is 27.9. The highest BCUT2D eigenvalue weighted by Gasteiger charge is 2.44. The molecule has 0 aromatic heterocycles. The lowest BCUT2D eigenvalue weighted by Crippen LogP contribution is -2.51. The number of amides is 2. The minimum Gasteiger partial charge on any atom is -0.354 e. The van der Waals surface area contributed by atoms with Crippen LogP contribution in [0.25, 0.3) is 0 Å². The van der Waals surface area contributed by atoms with E-state index in [2.05, 4.69) is 5.32 Å². The van der Waals surface area contributed by atoms with Gasteiger partial charge in [-0.2, -0.15) is 0 Å². The molecule has 1 saturated carbocycles. The SMILES string of the molecule is CCCNC(=O)[C@@H]1CS[C@H](C2CCCCC2)N1C(=O)c1ccc(C)cc1. The second-order valence-corrected chi connectivity index (χ2v) is 8.66. The van der Waals surface area contributed by atoms with Crippen LogP contribution < -0.4 is 5.32 Å². The Morgan fingerprint density at radius 1 is 1.15 bits per heavy atom. The summed E-state index contributed by atoms with van der Waals surface area (Å²) in [5, 5.41) is 3.12. The van der Waals surface area contributed by atoms with Gasteiger partial charge in [0, 0.05) is 17.9 Å². The topological polar surface area (TPSA) is 49.4 Å². The van der Waals surface area contributed by atoms with Crippen LogP contribution in [0.2, 0.25) is 0 Å². The third kappa shape index (κ3) is 4.25. The summed E-state index contributed by atoms with van der Waals surface area (Å²) in [6.45, 7) is 4.73. The molecule has 1 aliphatic heterocycles. The maximum absolute atomic E-state index is 13.3. The Kier molecular flexibility index (Phi) is 6.63. The molecule has 1 aromatic carbocycles. The predicted octanol–water partition coefficient (Wildman–Crippen LogP) is 3.99. The van der Waals surface area contributed by atoms with Crippen LogP contribution in [0.4, 0.5) is 0 Å². The van der Waals surface area contributed by atoms with Crippen molar-refractivity contribution in [1.82, 2.24) is 10.2 Å². The summed E-state index contributed by atoms with van der Waals surface area (Å²) < 4.78 is 0. The first-order valence-corrected chi connectivity index (χ1v) is 11.0. The van der Waals surface area contributed by atoms with Crippen molar-refractivity contribution in [1.29, 1.82) is 0 Å². The predicted molar refractivity (Wildman–Crippen MR) is 107 cm³/mol. The number of thioether (sulfide) groups is 1. The summed E-state index contributed by atoms with van der Waals surface area (Å²) >= 11 is 1.80. The molecule has 2 fully saturated rings. The van der Waals surface area contributed by atoms with Crippen molar-refractivity contribution in [3.63, 3.8) is 0 Å². The zero-order valence-corrected chi connectivity index (χ0v) is 16.7. The Bertz CT molecular complexity index is 625. The van der Waals surface area contributed by atoms with Gasteiger partial charge in [0.2, 0.25) is 5.91 Å². The molecule has 1 saturated heterocycles. The maximum Gasteiger partial charge on any atom is 0.255 e. The van der Waals surface area contributed by atoms with Gasteiger partial charge in [0.15, 0.2) is 0 Å². The van der Waals surface area contributed by atoms with Crippen molar-refractivity contribution in [2.45, 2.75) is 63.8 Å². The van der Waals surface area contributed by atoms with Crippen LogP contribution in [0, 0.1) is 12.8 Å². The summed E-state index contributed by atoms with van der Waals surface area (Å²) in [5.41, 5.74) is 1.82. The zero-order chi connectivity index (χ0) is 18.5. The maximum atomic E-state index is 13.3. The Morgan fingerprint density at radius 2 is 1.85 bits per heavy atom. The third-order valence-corrected chi connectivity index (χ3v) is 6.93. The number of rotatable bonds is 5. The van der Waals surface area contributed by atoms with E-state index in [4.69, 9.17) is 0 Å². The molecule has 1 aromatic rings. The van der Waals surface area contributed by atoms with Gasteiger partial charge in [0.25, 0.3) is 5.91 Å². The van der Waals surface area contributed by atoms with Crippen LogP contribution in [0.3, 0.4) is 0 Å².